The van der Waals surface area contributed by atoms with Crippen LogP contribution in [0.25, 0.3) is 0 Å². The van der Waals surface area contributed by atoms with Gasteiger partial charge in [0.25, 0.3) is 0 Å². The molecule has 0 aliphatic carbocycles. The van der Waals surface area contributed by atoms with Gasteiger partial charge in [0.1, 0.15) is 12.7 Å². The molecule has 0 spiro atoms. The lowest BCUT2D eigenvalue weighted by Gasteiger charge is -2.15. The van der Waals surface area contributed by atoms with Crippen molar-refractivity contribution in [1.82, 2.24) is 5.32 Å². The molecule has 0 saturated heterocycles. The van der Waals surface area contributed by atoms with Crippen molar-refractivity contribution < 1.29 is 37.9 Å². The van der Waals surface area contributed by atoms with Crippen LogP contribution in [0.4, 0.5) is 0 Å². The highest BCUT2D eigenvalue weighted by atomic mass is 31.2. The van der Waals surface area contributed by atoms with Crippen molar-refractivity contribution in [3.05, 3.63) is 12.2 Å². The summed E-state index contributed by atoms with van der Waals surface area (Å²) in [5.74, 6) is -0.516. The number of rotatable bonds is 45. The van der Waals surface area contributed by atoms with E-state index in [-0.39, 0.29) is 32.1 Å². The van der Waals surface area contributed by atoms with Gasteiger partial charge < -0.3 is 20.1 Å². The van der Waals surface area contributed by atoms with Gasteiger partial charge in [-0.05, 0) is 38.5 Å². The molecule has 3 N–H and O–H groups in total. The Morgan fingerprint density at radius 3 is 1.38 bits per heavy atom. The summed E-state index contributed by atoms with van der Waals surface area (Å²) in [5.41, 5.74) is 0. The summed E-state index contributed by atoms with van der Waals surface area (Å²) in [5, 5.41) is 12.7. The van der Waals surface area contributed by atoms with Crippen LogP contribution in [0.1, 0.15) is 239 Å². The fourth-order valence-corrected chi connectivity index (χ4v) is 7.60. The number of carbonyl (C=O) groups is 2. The normalized spacial score (nSPS) is 13.3. The summed E-state index contributed by atoms with van der Waals surface area (Å²) < 4.78 is 26.9. The second-order valence-corrected chi connectivity index (χ2v) is 17.5. The van der Waals surface area contributed by atoms with Gasteiger partial charge in [0.05, 0.1) is 13.2 Å². The summed E-state index contributed by atoms with van der Waals surface area (Å²) in [7, 11) is -4.41. The zero-order chi connectivity index (χ0) is 41.1. The Labute approximate surface area is 345 Å². The molecular formula is C46H90NO8P. The topological polar surface area (TPSA) is 131 Å². The predicted molar refractivity (Wildman–Crippen MR) is 234 cm³/mol. The lowest BCUT2D eigenvalue weighted by atomic mass is 10.0. The Kier molecular flexibility index (Phi) is 42.4. The van der Waals surface area contributed by atoms with E-state index in [2.05, 4.69) is 31.3 Å². The van der Waals surface area contributed by atoms with Gasteiger partial charge in [0.15, 0.2) is 0 Å². The summed E-state index contributed by atoms with van der Waals surface area (Å²) in [6, 6.07) is 0. The van der Waals surface area contributed by atoms with Crippen molar-refractivity contribution in [1.29, 1.82) is 0 Å². The fraction of sp³-hybridized carbons (Fsp3) is 0.913. The molecule has 332 valence electrons. The highest BCUT2D eigenvalue weighted by Gasteiger charge is 2.23. The minimum atomic E-state index is -4.41. The van der Waals surface area contributed by atoms with Gasteiger partial charge in [-0.2, -0.15) is 0 Å². The molecular weight excluding hydrogens is 725 g/mol. The first-order valence-corrected chi connectivity index (χ1v) is 25.2. The number of hydrogen-bond acceptors (Lipinski definition) is 7. The third kappa shape index (κ3) is 43.9. The fourth-order valence-electron chi connectivity index (χ4n) is 6.85. The van der Waals surface area contributed by atoms with E-state index in [0.29, 0.717) is 6.42 Å². The molecule has 0 heterocycles. The van der Waals surface area contributed by atoms with Crippen LogP contribution in [0.5, 0.6) is 0 Å². The van der Waals surface area contributed by atoms with Gasteiger partial charge in [-0.25, -0.2) is 4.57 Å². The number of phosphoric ester groups is 1. The number of aliphatic hydroxyl groups excluding tert-OH is 1. The van der Waals surface area contributed by atoms with Crippen LogP contribution in [0.2, 0.25) is 0 Å². The Hall–Kier alpha value is -1.25. The smallest absolute Gasteiger partial charge is 0.463 e. The SMILES string of the molecule is CCCCC/C=C\CCCCCCCC(=O)OCC(O)COP(=O)(O)OCCNC(=O)CCCCCCCCCCCCCCCCCCCCCCCCC. The number of carbonyl (C=O) groups excluding carboxylic acids is 2. The molecule has 9 nitrogen and oxygen atoms in total. The van der Waals surface area contributed by atoms with E-state index in [1.165, 1.54) is 154 Å². The quantitative estimate of drug-likeness (QED) is 0.0240. The van der Waals surface area contributed by atoms with E-state index < -0.39 is 26.5 Å². The molecule has 2 atom stereocenters. The Morgan fingerprint density at radius 2 is 0.911 bits per heavy atom. The number of unbranched alkanes of at least 4 members (excludes halogenated alkanes) is 30. The van der Waals surface area contributed by atoms with Gasteiger partial charge in [0, 0.05) is 19.4 Å². The first kappa shape index (κ1) is 54.8. The molecule has 0 aromatic heterocycles. The number of hydrogen-bond donors (Lipinski definition) is 3. The maximum Gasteiger partial charge on any atom is 0.472 e. The number of nitrogens with one attached hydrogen (secondary N) is 1. The second kappa shape index (κ2) is 43.3. The van der Waals surface area contributed by atoms with Crippen LogP contribution in [-0.2, 0) is 27.9 Å². The molecule has 0 fully saturated rings. The van der Waals surface area contributed by atoms with Gasteiger partial charge in [-0.15, -0.1) is 0 Å². The van der Waals surface area contributed by atoms with Crippen molar-refractivity contribution >= 4 is 19.7 Å². The number of amides is 1. The number of phosphoric acid groups is 1. The average molecular weight is 816 g/mol. The van der Waals surface area contributed by atoms with Crippen LogP contribution < -0.4 is 5.32 Å². The first-order chi connectivity index (χ1) is 27.3. The third-order valence-electron chi connectivity index (χ3n) is 10.4. The maximum atomic E-state index is 12.1. The molecule has 10 heteroatoms. The van der Waals surface area contributed by atoms with E-state index in [9.17, 15) is 24.2 Å². The van der Waals surface area contributed by atoms with Gasteiger partial charge in [-0.3, -0.25) is 18.6 Å². The minimum Gasteiger partial charge on any atom is -0.463 e. The van der Waals surface area contributed by atoms with Crippen LogP contribution in [0.3, 0.4) is 0 Å². The maximum absolute atomic E-state index is 12.1. The number of esters is 1. The van der Waals surface area contributed by atoms with E-state index in [0.717, 1.165) is 57.8 Å². The number of aliphatic hydroxyl groups is 1. The molecule has 2 unspecified atom stereocenters. The molecule has 0 rings (SSSR count). The number of ether oxygens (including phenoxy) is 1. The molecule has 0 bridgehead atoms. The molecule has 0 aliphatic heterocycles. The van der Waals surface area contributed by atoms with E-state index >= 15 is 0 Å². The standard InChI is InChI=1S/C46H90NO8P/c1-3-5-7-9-11-13-15-17-18-19-20-21-22-23-24-25-26-27-28-30-32-34-36-38-45(49)47-40-41-54-56(51,52)55-43-44(48)42-53-46(50)39-37-35-33-31-29-16-14-12-10-8-6-4-2/h12,14,44,48H,3-11,13,15-43H2,1-2H3,(H,47,49)(H,51,52)/b14-12-. The van der Waals surface area contributed by atoms with Crippen LogP contribution >= 0.6 is 7.82 Å². The van der Waals surface area contributed by atoms with E-state index in [4.69, 9.17) is 13.8 Å². The lowest BCUT2D eigenvalue weighted by molar-refractivity contribution is -0.147. The van der Waals surface area contributed by atoms with Crippen molar-refractivity contribution in [2.45, 2.75) is 245 Å². The third-order valence-corrected chi connectivity index (χ3v) is 11.4. The summed E-state index contributed by atoms with van der Waals surface area (Å²) >= 11 is 0. The second-order valence-electron chi connectivity index (χ2n) is 16.1. The Balaban J connectivity index is 3.51. The minimum absolute atomic E-state index is 0.0858. The molecule has 0 aliphatic rings. The monoisotopic (exact) mass is 816 g/mol. The van der Waals surface area contributed by atoms with E-state index in [1.54, 1.807) is 0 Å². The van der Waals surface area contributed by atoms with Crippen LogP contribution in [0.15, 0.2) is 12.2 Å². The van der Waals surface area contributed by atoms with Gasteiger partial charge >= 0.3 is 13.8 Å². The molecule has 1 amide bonds. The van der Waals surface area contributed by atoms with Crippen LogP contribution in [-0.4, -0.2) is 54.3 Å². The average Bonchev–Trinajstić information content (AvgIpc) is 3.18. The van der Waals surface area contributed by atoms with Crippen LogP contribution in [0, 0.1) is 0 Å². The van der Waals surface area contributed by atoms with E-state index in [1.807, 2.05) is 0 Å². The predicted octanol–water partition coefficient (Wildman–Crippen LogP) is 13.4. The van der Waals surface area contributed by atoms with Crippen molar-refractivity contribution in [2.75, 3.05) is 26.4 Å². The molecule has 0 aromatic carbocycles. The zero-order valence-electron chi connectivity index (χ0n) is 36.6. The van der Waals surface area contributed by atoms with Crippen molar-refractivity contribution in [3.63, 3.8) is 0 Å². The number of allylic oxidation sites excluding steroid dienone is 2. The zero-order valence-corrected chi connectivity index (χ0v) is 37.5. The molecule has 0 aromatic rings. The first-order valence-electron chi connectivity index (χ1n) is 23.7. The molecule has 56 heavy (non-hydrogen) atoms. The highest BCUT2D eigenvalue weighted by Crippen LogP contribution is 2.42. The molecule has 0 radical (unpaired) electrons. The lowest BCUT2D eigenvalue weighted by Crippen LogP contribution is -2.27. The Morgan fingerprint density at radius 1 is 0.536 bits per heavy atom. The van der Waals surface area contributed by atoms with Crippen molar-refractivity contribution in [3.8, 4) is 0 Å². The highest BCUT2D eigenvalue weighted by molar-refractivity contribution is 7.47. The van der Waals surface area contributed by atoms with Crippen molar-refractivity contribution in [2.24, 2.45) is 0 Å². The Bertz CT molecular complexity index is 933. The van der Waals surface area contributed by atoms with Gasteiger partial charge in [0.2, 0.25) is 5.91 Å². The summed E-state index contributed by atoms with van der Waals surface area (Å²) in [6.45, 7) is 3.55. The summed E-state index contributed by atoms with van der Waals surface area (Å²) in [4.78, 5) is 33.9. The van der Waals surface area contributed by atoms with Gasteiger partial charge in [-0.1, -0.05) is 199 Å². The molecule has 0 saturated carbocycles. The largest absolute Gasteiger partial charge is 0.472 e. The summed E-state index contributed by atoms with van der Waals surface area (Å²) in [6.07, 6.45) is 45.9.